The lowest BCUT2D eigenvalue weighted by atomic mass is 9.92. The summed E-state index contributed by atoms with van der Waals surface area (Å²) in [6, 6.07) is 37.5. The van der Waals surface area contributed by atoms with Crippen molar-refractivity contribution in [1.29, 1.82) is 0 Å². The molecule has 0 saturated heterocycles. The highest BCUT2D eigenvalue weighted by atomic mass is 31.2. The molecule has 0 aliphatic rings. The van der Waals surface area contributed by atoms with Crippen LogP contribution in [0.2, 0.25) is 0 Å². The Labute approximate surface area is 222 Å². The van der Waals surface area contributed by atoms with Crippen LogP contribution in [-0.4, -0.2) is 24.1 Å². The number of Topliss-reactive ketones (excluding diaryl/α,β-unsaturated/α-hetero) is 1. The van der Waals surface area contributed by atoms with E-state index in [1.54, 1.807) is 48.5 Å². The fourth-order valence-corrected chi connectivity index (χ4v) is 7.21. The van der Waals surface area contributed by atoms with Crippen molar-refractivity contribution in [3.05, 3.63) is 139 Å². The molecule has 0 heterocycles. The predicted octanol–water partition coefficient (Wildman–Crippen LogP) is 5.65. The molecule has 0 aromatic heterocycles. The Morgan fingerprint density at radius 1 is 0.737 bits per heavy atom. The minimum absolute atomic E-state index is 0.254. The molecule has 5 nitrogen and oxygen atoms in total. The monoisotopic (exact) mass is 521 g/mol. The largest absolute Gasteiger partial charge is 0.496 e. The molecule has 0 amide bonds. The first-order valence-corrected chi connectivity index (χ1v) is 14.1. The fourth-order valence-electron chi connectivity index (χ4n) is 4.76. The molecule has 0 fully saturated rings. The van der Waals surface area contributed by atoms with Crippen LogP contribution in [-0.2, 0) is 4.57 Å². The smallest absolute Gasteiger partial charge is 0.205 e. The van der Waals surface area contributed by atoms with Crippen LogP contribution in [0.4, 0.5) is 0 Å². The van der Waals surface area contributed by atoms with Crippen LogP contribution in [0.1, 0.15) is 22.0 Å². The lowest BCUT2D eigenvalue weighted by molar-refractivity contribution is 0.0677. The number of methoxy groups -OCH3 is 1. The van der Waals surface area contributed by atoms with Crippen LogP contribution in [0.3, 0.4) is 0 Å². The highest BCUT2D eigenvalue weighted by Gasteiger charge is 2.38. The molecule has 2 N–H and O–H groups in total. The quantitative estimate of drug-likeness (QED) is 0.194. The third kappa shape index (κ3) is 4.92. The van der Waals surface area contributed by atoms with Crippen LogP contribution < -0.4 is 20.4 Å². The van der Waals surface area contributed by atoms with Gasteiger partial charge in [0.2, 0.25) is 7.29 Å². The summed E-state index contributed by atoms with van der Waals surface area (Å²) < 4.78 is 20.4. The van der Waals surface area contributed by atoms with Crippen molar-refractivity contribution in [1.82, 2.24) is 5.09 Å². The van der Waals surface area contributed by atoms with Crippen molar-refractivity contribution in [2.24, 2.45) is 0 Å². The van der Waals surface area contributed by atoms with Crippen molar-refractivity contribution in [3.8, 4) is 5.75 Å². The molecule has 5 rings (SSSR count). The molecule has 0 bridgehead atoms. The first-order chi connectivity index (χ1) is 18.5. The number of hydrogen-bond donors (Lipinski definition) is 2. The number of nitrogens with one attached hydrogen (secondary N) is 1. The van der Waals surface area contributed by atoms with Crippen LogP contribution in [0.15, 0.2) is 127 Å². The van der Waals surface area contributed by atoms with E-state index >= 15 is 0 Å². The second-order valence-electron chi connectivity index (χ2n) is 8.96. The number of hydrogen-bond acceptors (Lipinski definition) is 4. The van der Waals surface area contributed by atoms with Crippen LogP contribution in [0.5, 0.6) is 5.75 Å². The van der Waals surface area contributed by atoms with Crippen LogP contribution in [0.25, 0.3) is 10.8 Å². The summed E-state index contributed by atoms with van der Waals surface area (Å²) in [6.07, 6.45) is -1.56. The van der Waals surface area contributed by atoms with E-state index in [1.165, 1.54) is 7.11 Å². The zero-order valence-corrected chi connectivity index (χ0v) is 21.8. The number of aliphatic hydroxyl groups is 1. The Kier molecular flexibility index (Phi) is 7.52. The average molecular weight is 522 g/mol. The predicted molar refractivity (Wildman–Crippen MR) is 153 cm³/mol. The SMILES string of the molecule is COc1ccccc1C(=O)[C@H](O)[C@H](NP(=O)(c1ccccc1)c1ccccc1)c1cccc2ccccc12. The van der Waals surface area contributed by atoms with Crippen molar-refractivity contribution in [3.63, 3.8) is 0 Å². The number of fused-ring (bicyclic) bond motifs is 1. The van der Waals surface area contributed by atoms with E-state index in [-0.39, 0.29) is 5.56 Å². The van der Waals surface area contributed by atoms with Crippen LogP contribution in [0, 0.1) is 0 Å². The first-order valence-electron chi connectivity index (χ1n) is 12.3. The zero-order chi connectivity index (χ0) is 26.5. The van der Waals surface area contributed by atoms with Crippen molar-refractivity contribution >= 4 is 34.5 Å². The Hall–Kier alpha value is -4.02. The van der Waals surface area contributed by atoms with Crippen molar-refractivity contribution in [2.75, 3.05) is 7.11 Å². The minimum Gasteiger partial charge on any atom is -0.496 e. The van der Waals surface area contributed by atoms with Gasteiger partial charge in [-0.15, -0.1) is 0 Å². The molecule has 190 valence electrons. The molecule has 0 saturated carbocycles. The van der Waals surface area contributed by atoms with E-state index in [4.69, 9.17) is 4.74 Å². The molecule has 2 atom stereocenters. The second-order valence-corrected chi connectivity index (χ2v) is 11.5. The third-order valence-corrected chi connectivity index (χ3v) is 9.37. The maximum Gasteiger partial charge on any atom is 0.205 e. The number of carbonyl (C=O) groups is 1. The maximum absolute atomic E-state index is 15.0. The zero-order valence-electron chi connectivity index (χ0n) is 20.9. The number of rotatable bonds is 9. The molecule has 5 aromatic carbocycles. The molecule has 38 heavy (non-hydrogen) atoms. The molecular formula is C32H28NO4P. The average Bonchev–Trinajstić information content (AvgIpc) is 2.99. The standard InChI is InChI=1S/C32H28NO4P/c1-37-29-22-11-10-20-28(29)31(34)32(35)30(27-21-12-14-23-13-8-9-19-26(23)27)33-38(36,24-15-4-2-5-16-24)25-17-6-3-7-18-25/h2-22,30,32,35H,1H3,(H,33,36)/t30-,32-/m1/s1. The van der Waals surface area contributed by atoms with E-state index in [9.17, 15) is 14.5 Å². The lowest BCUT2D eigenvalue weighted by Gasteiger charge is -2.31. The molecule has 0 spiro atoms. The lowest BCUT2D eigenvalue weighted by Crippen LogP contribution is -2.40. The van der Waals surface area contributed by atoms with E-state index in [1.807, 2.05) is 78.9 Å². The summed E-state index contributed by atoms with van der Waals surface area (Å²) in [6.45, 7) is 0. The molecule has 0 unspecified atom stereocenters. The van der Waals surface area contributed by atoms with Crippen molar-refractivity contribution in [2.45, 2.75) is 12.1 Å². The summed E-state index contributed by atoms with van der Waals surface area (Å²) in [7, 11) is -2.04. The molecule has 0 aliphatic carbocycles. The number of aliphatic hydroxyl groups excluding tert-OH is 1. The van der Waals surface area contributed by atoms with Gasteiger partial charge < -0.3 is 9.84 Å². The van der Waals surface area contributed by atoms with Gasteiger partial charge in [0.1, 0.15) is 11.9 Å². The summed E-state index contributed by atoms with van der Waals surface area (Å²) in [5.41, 5.74) is 0.926. The molecular weight excluding hydrogens is 493 g/mol. The highest BCUT2D eigenvalue weighted by Crippen LogP contribution is 2.44. The van der Waals surface area contributed by atoms with Gasteiger partial charge in [-0.25, -0.2) is 5.09 Å². The first kappa shape index (κ1) is 25.6. The summed E-state index contributed by atoms with van der Waals surface area (Å²) in [5, 5.41) is 18.0. The topological polar surface area (TPSA) is 75.6 Å². The van der Waals surface area contributed by atoms with Gasteiger partial charge in [-0.3, -0.25) is 9.36 Å². The molecule has 6 heteroatoms. The van der Waals surface area contributed by atoms with Crippen molar-refractivity contribution < 1.29 is 19.2 Å². The Morgan fingerprint density at radius 3 is 1.95 bits per heavy atom. The second kappa shape index (κ2) is 11.2. The minimum atomic E-state index is -3.52. The van der Waals surface area contributed by atoms with Crippen LogP contribution >= 0.6 is 7.29 Å². The highest BCUT2D eigenvalue weighted by molar-refractivity contribution is 7.76. The number of carbonyl (C=O) groups excluding carboxylic acids is 1. The van der Waals surface area contributed by atoms with Gasteiger partial charge in [-0.2, -0.15) is 0 Å². The van der Waals surface area contributed by atoms with Gasteiger partial charge in [0.25, 0.3) is 0 Å². The molecule has 5 aromatic rings. The van der Waals surface area contributed by atoms with E-state index in [0.717, 1.165) is 10.8 Å². The van der Waals surface area contributed by atoms with Gasteiger partial charge in [0.05, 0.1) is 18.7 Å². The maximum atomic E-state index is 15.0. The fraction of sp³-hybridized carbons (Fsp3) is 0.0938. The summed E-state index contributed by atoms with van der Waals surface area (Å²) in [4.78, 5) is 13.8. The number of ether oxygens (including phenoxy) is 1. The Morgan fingerprint density at radius 2 is 1.29 bits per heavy atom. The van der Waals surface area contributed by atoms with Gasteiger partial charge in [0, 0.05) is 10.6 Å². The summed E-state index contributed by atoms with van der Waals surface area (Å²) in [5.74, 6) is -0.164. The van der Waals surface area contributed by atoms with E-state index in [0.29, 0.717) is 21.9 Å². The number of ketones is 1. The van der Waals surface area contributed by atoms with Gasteiger partial charge >= 0.3 is 0 Å². The Balaban J connectivity index is 1.69. The molecule has 0 aliphatic heterocycles. The van der Waals surface area contributed by atoms with E-state index in [2.05, 4.69) is 5.09 Å². The van der Waals surface area contributed by atoms with Gasteiger partial charge in [-0.05, 0) is 52.7 Å². The number of benzene rings is 5. The third-order valence-electron chi connectivity index (χ3n) is 6.68. The van der Waals surface area contributed by atoms with E-state index < -0.39 is 25.2 Å². The molecule has 0 radical (unpaired) electrons. The number of para-hydroxylation sites is 1. The van der Waals surface area contributed by atoms with Gasteiger partial charge in [0.15, 0.2) is 5.78 Å². The Bertz CT molecular complexity index is 1560. The summed E-state index contributed by atoms with van der Waals surface area (Å²) >= 11 is 0. The van der Waals surface area contributed by atoms with Gasteiger partial charge in [-0.1, -0.05) is 91.0 Å². The normalized spacial score (nSPS) is 13.1.